The molecule has 0 saturated carbocycles. The van der Waals surface area contributed by atoms with Crippen LogP contribution in [0, 0.1) is 0 Å². The Hall–Kier alpha value is -2.80. The summed E-state index contributed by atoms with van der Waals surface area (Å²) in [7, 11) is 0. The fourth-order valence-corrected chi connectivity index (χ4v) is 3.86. The maximum absolute atomic E-state index is 12.0. The molecule has 146 valence electrons. The van der Waals surface area contributed by atoms with Gasteiger partial charge in [-0.2, -0.15) is 0 Å². The summed E-state index contributed by atoms with van der Waals surface area (Å²) in [5.74, 6) is 0.437. The SMILES string of the molecule is CC(C)(C)OC(=O)Nc1ccc(-n2c3c(c4ncnc(N)c42)CCC3)cc1Cl. The highest BCUT2D eigenvalue weighted by atomic mass is 35.5. The second kappa shape index (κ2) is 6.67. The van der Waals surface area contributed by atoms with E-state index in [0.717, 1.165) is 36.0 Å². The second-order valence-electron chi connectivity index (χ2n) is 7.86. The van der Waals surface area contributed by atoms with Gasteiger partial charge in [-0.15, -0.1) is 0 Å². The number of nitrogens with zero attached hydrogens (tertiary/aromatic N) is 3. The van der Waals surface area contributed by atoms with Crippen LogP contribution in [0.15, 0.2) is 24.5 Å². The lowest BCUT2D eigenvalue weighted by atomic mass is 10.2. The topological polar surface area (TPSA) is 95.1 Å². The number of ether oxygens (including phenoxy) is 1. The zero-order valence-corrected chi connectivity index (χ0v) is 16.8. The molecular weight excluding hydrogens is 378 g/mol. The number of amides is 1. The number of nitrogens with two attached hydrogens (primary N) is 1. The van der Waals surface area contributed by atoms with Crippen molar-refractivity contribution in [3.05, 3.63) is 40.8 Å². The summed E-state index contributed by atoms with van der Waals surface area (Å²) in [6, 6.07) is 5.45. The van der Waals surface area contributed by atoms with Crippen LogP contribution in [0.25, 0.3) is 16.7 Å². The number of aryl methyl sites for hydroxylation is 1. The van der Waals surface area contributed by atoms with E-state index < -0.39 is 11.7 Å². The first-order chi connectivity index (χ1) is 13.2. The molecule has 2 heterocycles. The normalized spacial score (nSPS) is 13.6. The summed E-state index contributed by atoms with van der Waals surface area (Å²) in [4.78, 5) is 20.7. The van der Waals surface area contributed by atoms with Gasteiger partial charge in [-0.05, 0) is 63.8 Å². The Bertz CT molecular complexity index is 1080. The molecule has 0 unspecified atom stereocenters. The Balaban J connectivity index is 1.74. The van der Waals surface area contributed by atoms with Gasteiger partial charge in [0.1, 0.15) is 17.4 Å². The van der Waals surface area contributed by atoms with Crippen LogP contribution in [-0.4, -0.2) is 26.2 Å². The van der Waals surface area contributed by atoms with E-state index >= 15 is 0 Å². The standard InChI is InChI=1S/C20H22ClN5O2/c1-20(2,3)28-19(27)25-14-8-7-11(9-13(14)21)26-15-6-4-5-12(15)16-17(26)18(22)24-10-23-16/h7-10H,4-6H2,1-3H3,(H,25,27)(H2,22,23,24). The van der Waals surface area contributed by atoms with Crippen molar-refractivity contribution in [2.45, 2.75) is 45.6 Å². The molecule has 8 heteroatoms. The second-order valence-corrected chi connectivity index (χ2v) is 8.27. The van der Waals surface area contributed by atoms with Crippen molar-refractivity contribution in [1.82, 2.24) is 14.5 Å². The molecule has 0 radical (unpaired) electrons. The van der Waals surface area contributed by atoms with Gasteiger partial charge < -0.3 is 15.0 Å². The van der Waals surface area contributed by atoms with Gasteiger partial charge in [0.25, 0.3) is 0 Å². The van der Waals surface area contributed by atoms with E-state index in [4.69, 9.17) is 22.1 Å². The molecule has 4 rings (SSSR count). The number of aromatic nitrogens is 3. The number of nitrogens with one attached hydrogen (secondary N) is 1. The molecule has 0 bridgehead atoms. The van der Waals surface area contributed by atoms with Gasteiger partial charge in [0.15, 0.2) is 5.82 Å². The number of benzene rings is 1. The molecule has 3 aromatic rings. The van der Waals surface area contributed by atoms with Crippen molar-refractivity contribution in [2.75, 3.05) is 11.1 Å². The Morgan fingerprint density at radius 3 is 2.79 bits per heavy atom. The molecule has 1 aromatic carbocycles. The first kappa shape index (κ1) is 18.6. The molecule has 2 aromatic heterocycles. The Morgan fingerprint density at radius 2 is 2.07 bits per heavy atom. The van der Waals surface area contributed by atoms with Crippen LogP contribution < -0.4 is 11.1 Å². The summed E-state index contributed by atoms with van der Waals surface area (Å²) in [5, 5.41) is 3.10. The molecule has 0 fully saturated rings. The predicted octanol–water partition coefficient (Wildman–Crippen LogP) is 4.49. The number of nitrogen functional groups attached to an aromatic ring is 1. The average Bonchev–Trinajstić information content (AvgIpc) is 3.17. The minimum Gasteiger partial charge on any atom is -0.444 e. The molecule has 3 N–H and O–H groups in total. The number of fused-ring (bicyclic) bond motifs is 3. The smallest absolute Gasteiger partial charge is 0.412 e. The summed E-state index contributed by atoms with van der Waals surface area (Å²) >= 11 is 6.46. The zero-order chi connectivity index (χ0) is 20.1. The monoisotopic (exact) mass is 399 g/mol. The number of halogens is 1. The number of hydrogen-bond donors (Lipinski definition) is 2. The van der Waals surface area contributed by atoms with E-state index in [1.807, 2.05) is 26.8 Å². The predicted molar refractivity (Wildman–Crippen MR) is 110 cm³/mol. The zero-order valence-electron chi connectivity index (χ0n) is 16.0. The van der Waals surface area contributed by atoms with E-state index in [-0.39, 0.29) is 0 Å². The highest BCUT2D eigenvalue weighted by molar-refractivity contribution is 6.33. The van der Waals surface area contributed by atoms with Gasteiger partial charge in [-0.25, -0.2) is 14.8 Å². The van der Waals surface area contributed by atoms with E-state index in [9.17, 15) is 4.79 Å². The molecule has 1 aliphatic carbocycles. The maximum Gasteiger partial charge on any atom is 0.412 e. The largest absolute Gasteiger partial charge is 0.444 e. The van der Waals surface area contributed by atoms with Gasteiger partial charge >= 0.3 is 6.09 Å². The van der Waals surface area contributed by atoms with E-state index in [2.05, 4.69) is 19.9 Å². The molecular formula is C20H22ClN5O2. The fraction of sp³-hybridized carbons (Fsp3) is 0.350. The van der Waals surface area contributed by atoms with Crippen molar-refractivity contribution in [3.63, 3.8) is 0 Å². The minimum absolute atomic E-state index is 0.410. The molecule has 28 heavy (non-hydrogen) atoms. The van der Waals surface area contributed by atoms with Crippen LogP contribution in [-0.2, 0) is 17.6 Å². The summed E-state index contributed by atoms with van der Waals surface area (Å²) < 4.78 is 7.37. The van der Waals surface area contributed by atoms with Gasteiger partial charge in [-0.1, -0.05) is 11.6 Å². The minimum atomic E-state index is -0.585. The van der Waals surface area contributed by atoms with Gasteiger partial charge in [-0.3, -0.25) is 5.32 Å². The van der Waals surface area contributed by atoms with Gasteiger partial charge in [0, 0.05) is 11.4 Å². The molecule has 1 aliphatic rings. The Kier molecular flexibility index (Phi) is 4.42. The number of carbonyl (C=O) groups excluding carboxylic acids is 1. The first-order valence-corrected chi connectivity index (χ1v) is 9.55. The van der Waals surface area contributed by atoms with E-state index in [1.54, 1.807) is 12.1 Å². The third kappa shape index (κ3) is 3.26. The average molecular weight is 400 g/mol. The summed E-state index contributed by atoms with van der Waals surface area (Å²) in [6.45, 7) is 5.42. The van der Waals surface area contributed by atoms with Crippen molar-refractivity contribution in [3.8, 4) is 5.69 Å². The van der Waals surface area contributed by atoms with Crippen LogP contribution >= 0.6 is 11.6 Å². The molecule has 0 aliphatic heterocycles. The number of rotatable bonds is 2. The Labute approximate surface area is 167 Å². The van der Waals surface area contributed by atoms with E-state index in [1.165, 1.54) is 17.6 Å². The Morgan fingerprint density at radius 1 is 1.29 bits per heavy atom. The van der Waals surface area contributed by atoms with Crippen LogP contribution in [0.2, 0.25) is 5.02 Å². The number of carbonyl (C=O) groups is 1. The van der Waals surface area contributed by atoms with Crippen LogP contribution in [0.4, 0.5) is 16.3 Å². The first-order valence-electron chi connectivity index (χ1n) is 9.17. The molecule has 0 saturated heterocycles. The van der Waals surface area contributed by atoms with Crippen molar-refractivity contribution >= 4 is 40.2 Å². The lowest BCUT2D eigenvalue weighted by molar-refractivity contribution is 0.0636. The highest BCUT2D eigenvalue weighted by Crippen LogP contribution is 2.37. The van der Waals surface area contributed by atoms with Crippen molar-refractivity contribution in [2.24, 2.45) is 0 Å². The summed E-state index contributed by atoms with van der Waals surface area (Å²) in [5.41, 5.74) is 11.0. The maximum atomic E-state index is 12.0. The lowest BCUT2D eigenvalue weighted by Crippen LogP contribution is -2.27. The van der Waals surface area contributed by atoms with E-state index in [0.29, 0.717) is 16.5 Å². The third-order valence-corrected chi connectivity index (χ3v) is 4.98. The molecule has 7 nitrogen and oxygen atoms in total. The van der Waals surface area contributed by atoms with Crippen molar-refractivity contribution in [1.29, 1.82) is 0 Å². The number of anilines is 2. The number of hydrogen-bond acceptors (Lipinski definition) is 5. The van der Waals surface area contributed by atoms with Gasteiger partial charge in [0.2, 0.25) is 0 Å². The van der Waals surface area contributed by atoms with Crippen LogP contribution in [0.1, 0.15) is 38.4 Å². The molecule has 0 atom stereocenters. The fourth-order valence-electron chi connectivity index (χ4n) is 3.64. The van der Waals surface area contributed by atoms with Crippen molar-refractivity contribution < 1.29 is 9.53 Å². The quantitative estimate of drug-likeness (QED) is 0.661. The highest BCUT2D eigenvalue weighted by Gasteiger charge is 2.25. The van der Waals surface area contributed by atoms with Crippen LogP contribution in [0.5, 0.6) is 0 Å². The molecule has 0 spiro atoms. The third-order valence-electron chi connectivity index (χ3n) is 4.67. The summed E-state index contributed by atoms with van der Waals surface area (Å²) in [6.07, 6.45) is 3.95. The van der Waals surface area contributed by atoms with Crippen LogP contribution in [0.3, 0.4) is 0 Å². The van der Waals surface area contributed by atoms with Gasteiger partial charge in [0.05, 0.1) is 16.2 Å². The lowest BCUT2D eigenvalue weighted by Gasteiger charge is -2.20. The molecule has 1 amide bonds.